The second kappa shape index (κ2) is 13.6. The summed E-state index contributed by atoms with van der Waals surface area (Å²) < 4.78 is 0. The normalized spacial score (nSPS) is 18.4. The van der Waals surface area contributed by atoms with E-state index in [0.717, 1.165) is 38.5 Å². The molecule has 0 aromatic heterocycles. The molecule has 0 saturated carbocycles. The number of carbonyl (C=O) groups excluding carboxylic acids is 2. The summed E-state index contributed by atoms with van der Waals surface area (Å²) in [4.78, 5) is 24.9. The average Bonchev–Trinajstić information content (AvgIpc) is 2.76. The van der Waals surface area contributed by atoms with Crippen LogP contribution in [0.25, 0.3) is 0 Å². The summed E-state index contributed by atoms with van der Waals surface area (Å²) in [5.74, 6) is -0.0897. The van der Waals surface area contributed by atoms with Crippen LogP contribution in [0.3, 0.4) is 0 Å². The summed E-state index contributed by atoms with van der Waals surface area (Å²) in [6.45, 7) is 15.7. The number of Topliss-reactive ketones (excluding diaryl/α,β-unsaturated/α-hetero) is 2. The van der Waals surface area contributed by atoms with Crippen LogP contribution in [-0.2, 0) is 9.59 Å². The third kappa shape index (κ3) is 9.80. The third-order valence-corrected chi connectivity index (χ3v) is 7.02. The van der Waals surface area contributed by atoms with Gasteiger partial charge in [0.25, 0.3) is 0 Å². The van der Waals surface area contributed by atoms with Crippen LogP contribution >= 0.6 is 0 Å². The summed E-state index contributed by atoms with van der Waals surface area (Å²) in [5, 5.41) is 10.8. The highest BCUT2D eigenvalue weighted by atomic mass is 16.3. The van der Waals surface area contributed by atoms with E-state index < -0.39 is 5.60 Å². The Morgan fingerprint density at radius 3 is 1.79 bits per heavy atom. The van der Waals surface area contributed by atoms with E-state index >= 15 is 0 Å². The fourth-order valence-corrected chi connectivity index (χ4v) is 4.05. The first-order chi connectivity index (χ1) is 15.4. The molecule has 184 valence electrons. The van der Waals surface area contributed by atoms with Crippen LogP contribution in [-0.4, -0.2) is 22.3 Å². The molecule has 0 fully saturated rings. The quantitative estimate of drug-likeness (QED) is 0.227. The highest BCUT2D eigenvalue weighted by Gasteiger charge is 2.29. The van der Waals surface area contributed by atoms with Crippen molar-refractivity contribution in [3.8, 4) is 0 Å². The Labute approximate surface area is 202 Å². The Balaban J connectivity index is 2.47. The fraction of sp³-hybridized carbons (Fsp3) is 0.600. The first-order valence-corrected chi connectivity index (χ1v) is 12.6. The molecule has 0 spiro atoms. The monoisotopic (exact) mass is 454 g/mol. The SMILES string of the molecule is CCC(C)=CCC/C(C)=C/CC/C(C)=C/CC[C@@](C)(O)CCC1=C(C)C(=O)C(C)=C(C)C1=O. The molecule has 0 heterocycles. The van der Waals surface area contributed by atoms with Crippen molar-refractivity contribution < 1.29 is 14.7 Å². The Hall–Kier alpha value is -2.00. The van der Waals surface area contributed by atoms with Crippen LogP contribution in [0.1, 0.15) is 113 Å². The number of allylic oxidation sites excluding steroid dienone is 10. The predicted molar refractivity (Wildman–Crippen MR) is 140 cm³/mol. The number of ketones is 2. The fourth-order valence-electron chi connectivity index (χ4n) is 4.05. The molecule has 1 aliphatic carbocycles. The van der Waals surface area contributed by atoms with Crippen LogP contribution in [0.4, 0.5) is 0 Å². The molecular formula is C30H46O3. The van der Waals surface area contributed by atoms with Gasteiger partial charge in [-0.25, -0.2) is 0 Å². The molecule has 0 amide bonds. The van der Waals surface area contributed by atoms with Crippen molar-refractivity contribution in [3.05, 3.63) is 57.2 Å². The molecule has 33 heavy (non-hydrogen) atoms. The number of rotatable bonds is 13. The smallest absolute Gasteiger partial charge is 0.185 e. The zero-order valence-corrected chi connectivity index (χ0v) is 22.4. The second-order valence-corrected chi connectivity index (χ2v) is 10.1. The number of hydrogen-bond donors (Lipinski definition) is 1. The molecule has 3 nitrogen and oxygen atoms in total. The molecule has 1 rings (SSSR count). The topological polar surface area (TPSA) is 54.4 Å². The number of hydrogen-bond acceptors (Lipinski definition) is 3. The lowest BCUT2D eigenvalue weighted by Crippen LogP contribution is -2.26. The van der Waals surface area contributed by atoms with Crippen molar-refractivity contribution in [1.29, 1.82) is 0 Å². The van der Waals surface area contributed by atoms with Crippen molar-refractivity contribution in [3.63, 3.8) is 0 Å². The Kier molecular flexibility index (Phi) is 12.0. The summed E-state index contributed by atoms with van der Waals surface area (Å²) in [6.07, 6.45) is 14.8. The van der Waals surface area contributed by atoms with Crippen molar-refractivity contribution in [2.75, 3.05) is 0 Å². The minimum absolute atomic E-state index is 0.0443. The first kappa shape index (κ1) is 29.0. The van der Waals surface area contributed by atoms with Gasteiger partial charge in [0.05, 0.1) is 5.60 Å². The molecule has 0 aliphatic heterocycles. The zero-order valence-electron chi connectivity index (χ0n) is 22.4. The van der Waals surface area contributed by atoms with Crippen molar-refractivity contribution in [1.82, 2.24) is 0 Å². The molecule has 0 aromatic rings. The summed E-state index contributed by atoms with van der Waals surface area (Å²) in [7, 11) is 0. The van der Waals surface area contributed by atoms with E-state index in [2.05, 4.69) is 45.9 Å². The standard InChI is InChI=1S/C30H46O3/c1-9-21(2)13-10-14-22(3)15-11-16-23(4)17-12-19-30(8,33)20-18-27-26(7)28(31)24(5)25(6)29(27)32/h13,15,17,33H,9-12,14,16,18-20H2,1-8H3/b21-13?,22-15+,23-17+/t30-/m1/s1. The van der Waals surface area contributed by atoms with Crippen molar-refractivity contribution >= 4 is 11.6 Å². The summed E-state index contributed by atoms with van der Waals surface area (Å²) >= 11 is 0. The predicted octanol–water partition coefficient (Wildman–Crippen LogP) is 7.91. The van der Waals surface area contributed by atoms with E-state index in [4.69, 9.17) is 0 Å². The van der Waals surface area contributed by atoms with Crippen LogP contribution in [0, 0.1) is 0 Å². The molecule has 0 unspecified atom stereocenters. The summed E-state index contributed by atoms with van der Waals surface area (Å²) in [6, 6.07) is 0. The van der Waals surface area contributed by atoms with Crippen LogP contribution in [0.15, 0.2) is 57.2 Å². The average molecular weight is 455 g/mol. The lowest BCUT2D eigenvalue weighted by Gasteiger charge is -2.25. The number of carbonyl (C=O) groups is 2. The lowest BCUT2D eigenvalue weighted by molar-refractivity contribution is -0.116. The molecule has 0 bridgehead atoms. The largest absolute Gasteiger partial charge is 0.390 e. The molecule has 1 N–H and O–H groups in total. The lowest BCUT2D eigenvalue weighted by atomic mass is 9.82. The zero-order chi connectivity index (χ0) is 25.2. The van der Waals surface area contributed by atoms with E-state index in [-0.39, 0.29) is 11.6 Å². The van der Waals surface area contributed by atoms with Gasteiger partial charge in [-0.1, -0.05) is 41.9 Å². The second-order valence-electron chi connectivity index (χ2n) is 10.1. The van der Waals surface area contributed by atoms with E-state index in [9.17, 15) is 14.7 Å². The van der Waals surface area contributed by atoms with Gasteiger partial charge in [0.1, 0.15) is 0 Å². The van der Waals surface area contributed by atoms with Gasteiger partial charge in [0, 0.05) is 22.3 Å². The molecule has 0 saturated heterocycles. The van der Waals surface area contributed by atoms with E-state index in [0.29, 0.717) is 41.6 Å². The highest BCUT2D eigenvalue weighted by molar-refractivity contribution is 6.24. The third-order valence-electron chi connectivity index (χ3n) is 7.02. The van der Waals surface area contributed by atoms with E-state index in [1.54, 1.807) is 20.8 Å². The van der Waals surface area contributed by atoms with Gasteiger partial charge in [-0.3, -0.25) is 9.59 Å². The van der Waals surface area contributed by atoms with Crippen LogP contribution < -0.4 is 0 Å². The minimum Gasteiger partial charge on any atom is -0.390 e. The van der Waals surface area contributed by atoms with E-state index in [1.165, 1.54) is 16.7 Å². The van der Waals surface area contributed by atoms with Gasteiger partial charge in [-0.15, -0.1) is 0 Å². The number of aliphatic hydroxyl groups is 1. The molecule has 3 heteroatoms. The van der Waals surface area contributed by atoms with Crippen molar-refractivity contribution in [2.45, 2.75) is 119 Å². The molecule has 1 aliphatic rings. The molecule has 0 radical (unpaired) electrons. The summed E-state index contributed by atoms with van der Waals surface area (Å²) in [5.41, 5.74) is 5.58. The highest BCUT2D eigenvalue weighted by Crippen LogP contribution is 2.30. The van der Waals surface area contributed by atoms with Crippen LogP contribution in [0.2, 0.25) is 0 Å². The van der Waals surface area contributed by atoms with Gasteiger partial charge in [-0.2, -0.15) is 0 Å². The Morgan fingerprint density at radius 2 is 1.24 bits per heavy atom. The maximum Gasteiger partial charge on any atom is 0.185 e. The van der Waals surface area contributed by atoms with Gasteiger partial charge < -0.3 is 5.11 Å². The first-order valence-electron chi connectivity index (χ1n) is 12.6. The Bertz CT molecular complexity index is 872. The molecule has 0 aromatic carbocycles. The van der Waals surface area contributed by atoms with E-state index in [1.807, 2.05) is 6.92 Å². The molecular weight excluding hydrogens is 408 g/mol. The van der Waals surface area contributed by atoms with Gasteiger partial charge in [-0.05, 0) is 106 Å². The van der Waals surface area contributed by atoms with Gasteiger partial charge in [0.15, 0.2) is 11.6 Å². The van der Waals surface area contributed by atoms with Crippen molar-refractivity contribution in [2.24, 2.45) is 0 Å². The maximum absolute atomic E-state index is 12.6. The Morgan fingerprint density at radius 1 is 0.758 bits per heavy atom. The minimum atomic E-state index is -0.863. The van der Waals surface area contributed by atoms with Gasteiger partial charge >= 0.3 is 0 Å². The van der Waals surface area contributed by atoms with Gasteiger partial charge in [0.2, 0.25) is 0 Å². The molecule has 1 atom stereocenters. The van der Waals surface area contributed by atoms with Crippen LogP contribution in [0.5, 0.6) is 0 Å². The maximum atomic E-state index is 12.6.